The fourth-order valence-electron chi connectivity index (χ4n) is 1.01. The van der Waals surface area contributed by atoms with Crippen LogP contribution in [0.15, 0.2) is 17.2 Å². The van der Waals surface area contributed by atoms with E-state index in [0.717, 1.165) is 16.9 Å². The number of hydrogen-bond acceptors (Lipinski definition) is 3. The van der Waals surface area contributed by atoms with Crippen LogP contribution in [0.5, 0.6) is 0 Å². The molecule has 68 valence electrons. The third-order valence-electron chi connectivity index (χ3n) is 1.53. The molecule has 0 saturated carbocycles. The van der Waals surface area contributed by atoms with Crippen LogP contribution in [0.2, 0.25) is 0 Å². The molecule has 0 aliphatic rings. The van der Waals surface area contributed by atoms with E-state index in [4.69, 9.17) is 0 Å². The predicted molar refractivity (Wildman–Crippen MR) is 38.6 cm³/mol. The van der Waals surface area contributed by atoms with Crippen molar-refractivity contribution < 1.29 is 8.78 Å². The van der Waals surface area contributed by atoms with Gasteiger partial charge in [-0.1, -0.05) is 0 Å². The van der Waals surface area contributed by atoms with Gasteiger partial charge in [0, 0.05) is 6.07 Å². The highest BCUT2D eigenvalue weighted by Crippen LogP contribution is 2.15. The molecule has 0 fully saturated rings. The SMILES string of the molecule is O=c1cc(C(F)F)n2ncnc2[nH]1. The van der Waals surface area contributed by atoms with Crippen molar-refractivity contribution >= 4 is 5.78 Å². The van der Waals surface area contributed by atoms with Crippen LogP contribution in [0.3, 0.4) is 0 Å². The van der Waals surface area contributed by atoms with Crippen molar-refractivity contribution in [3.05, 3.63) is 28.4 Å². The molecule has 0 radical (unpaired) electrons. The Morgan fingerprint density at radius 1 is 1.54 bits per heavy atom. The van der Waals surface area contributed by atoms with Crippen LogP contribution in [-0.4, -0.2) is 19.6 Å². The van der Waals surface area contributed by atoms with Crippen LogP contribution in [0.25, 0.3) is 5.78 Å². The van der Waals surface area contributed by atoms with Crippen molar-refractivity contribution in [2.75, 3.05) is 0 Å². The number of nitrogens with zero attached hydrogens (tertiary/aromatic N) is 3. The van der Waals surface area contributed by atoms with Gasteiger partial charge in [0.2, 0.25) is 5.78 Å². The Bertz CT molecular complexity index is 489. The van der Waals surface area contributed by atoms with E-state index in [1.54, 1.807) is 0 Å². The van der Waals surface area contributed by atoms with Crippen molar-refractivity contribution in [2.24, 2.45) is 0 Å². The van der Waals surface area contributed by atoms with Crippen LogP contribution in [0, 0.1) is 0 Å². The summed E-state index contributed by atoms with van der Waals surface area (Å²) in [6.45, 7) is 0. The normalized spacial score (nSPS) is 11.3. The molecule has 2 aromatic rings. The number of nitrogens with one attached hydrogen (secondary N) is 1. The molecule has 2 heterocycles. The Kier molecular flexibility index (Phi) is 1.57. The first-order valence-corrected chi connectivity index (χ1v) is 3.39. The lowest BCUT2D eigenvalue weighted by atomic mass is 10.4. The second kappa shape index (κ2) is 2.61. The van der Waals surface area contributed by atoms with E-state index in [2.05, 4.69) is 15.1 Å². The van der Waals surface area contributed by atoms with E-state index >= 15 is 0 Å². The molecule has 0 saturated heterocycles. The summed E-state index contributed by atoms with van der Waals surface area (Å²) in [7, 11) is 0. The number of rotatable bonds is 1. The van der Waals surface area contributed by atoms with Gasteiger partial charge in [0.1, 0.15) is 12.0 Å². The Balaban J connectivity index is 2.85. The van der Waals surface area contributed by atoms with Crippen LogP contribution in [0.4, 0.5) is 8.78 Å². The quantitative estimate of drug-likeness (QED) is 0.699. The lowest BCUT2D eigenvalue weighted by Crippen LogP contribution is -2.12. The van der Waals surface area contributed by atoms with Gasteiger partial charge in [0.25, 0.3) is 12.0 Å². The Morgan fingerprint density at radius 3 is 3.00 bits per heavy atom. The number of halogens is 2. The maximum atomic E-state index is 12.3. The average molecular weight is 186 g/mol. The van der Waals surface area contributed by atoms with E-state index in [1.165, 1.54) is 0 Å². The minimum absolute atomic E-state index is 0.0165. The standard InChI is InChI=1S/C6H4F2N4O/c7-5(8)3-1-4(13)11-6-9-2-10-12(3)6/h1-2,5H,(H,9,10,11,13). The van der Waals surface area contributed by atoms with E-state index < -0.39 is 17.7 Å². The molecule has 0 spiro atoms. The van der Waals surface area contributed by atoms with Gasteiger partial charge in [-0.2, -0.15) is 14.6 Å². The van der Waals surface area contributed by atoms with Crippen molar-refractivity contribution in [3.63, 3.8) is 0 Å². The first kappa shape index (κ1) is 7.84. The monoisotopic (exact) mass is 186 g/mol. The molecule has 2 aromatic heterocycles. The first-order valence-electron chi connectivity index (χ1n) is 3.39. The molecule has 2 rings (SSSR count). The molecule has 13 heavy (non-hydrogen) atoms. The highest BCUT2D eigenvalue weighted by molar-refractivity contribution is 5.26. The Morgan fingerprint density at radius 2 is 2.31 bits per heavy atom. The van der Waals surface area contributed by atoms with Crippen molar-refractivity contribution in [2.45, 2.75) is 6.43 Å². The molecule has 0 atom stereocenters. The molecule has 0 aliphatic heterocycles. The maximum absolute atomic E-state index is 12.3. The number of hydrogen-bond donors (Lipinski definition) is 1. The summed E-state index contributed by atoms with van der Waals surface area (Å²) in [4.78, 5) is 16.7. The lowest BCUT2D eigenvalue weighted by molar-refractivity contribution is 0.143. The molecular weight excluding hydrogens is 182 g/mol. The fourth-order valence-corrected chi connectivity index (χ4v) is 1.01. The smallest absolute Gasteiger partial charge is 0.280 e. The Labute approximate surface area is 70.0 Å². The molecule has 1 N–H and O–H groups in total. The number of H-pyrrole nitrogens is 1. The minimum atomic E-state index is -2.74. The summed E-state index contributed by atoms with van der Waals surface area (Å²) in [5, 5.41) is 3.54. The van der Waals surface area contributed by atoms with Gasteiger partial charge in [0.05, 0.1) is 0 Å². The third-order valence-corrected chi connectivity index (χ3v) is 1.53. The molecule has 5 nitrogen and oxygen atoms in total. The zero-order valence-electron chi connectivity index (χ0n) is 6.24. The number of alkyl halides is 2. The summed E-state index contributed by atoms with van der Waals surface area (Å²) < 4.78 is 25.5. The van der Waals surface area contributed by atoms with Gasteiger partial charge in [-0.15, -0.1) is 0 Å². The number of fused-ring (bicyclic) bond motifs is 1. The van der Waals surface area contributed by atoms with Gasteiger partial charge >= 0.3 is 0 Å². The summed E-state index contributed by atoms with van der Waals surface area (Å²) >= 11 is 0. The zero-order chi connectivity index (χ0) is 9.42. The Hall–Kier alpha value is -1.79. The predicted octanol–water partition coefficient (Wildman–Crippen LogP) is 0.355. The minimum Gasteiger partial charge on any atom is -0.291 e. The van der Waals surface area contributed by atoms with Crippen molar-refractivity contribution in [3.8, 4) is 0 Å². The molecule has 0 aliphatic carbocycles. The lowest BCUT2D eigenvalue weighted by Gasteiger charge is -2.00. The van der Waals surface area contributed by atoms with E-state index in [-0.39, 0.29) is 5.78 Å². The average Bonchev–Trinajstić information content (AvgIpc) is 2.49. The fraction of sp³-hybridized carbons (Fsp3) is 0.167. The molecule has 0 unspecified atom stereocenters. The molecular formula is C6H4F2N4O. The first-order chi connectivity index (χ1) is 6.18. The van der Waals surface area contributed by atoms with Gasteiger partial charge in [-0.25, -0.2) is 8.78 Å². The van der Waals surface area contributed by atoms with Crippen molar-refractivity contribution in [1.29, 1.82) is 0 Å². The number of aromatic nitrogens is 4. The second-order valence-corrected chi connectivity index (χ2v) is 2.35. The molecule has 0 bridgehead atoms. The summed E-state index contributed by atoms with van der Waals surface area (Å²) in [6.07, 6.45) is -1.65. The topological polar surface area (TPSA) is 63.1 Å². The maximum Gasteiger partial charge on any atom is 0.280 e. The molecule has 7 heteroatoms. The van der Waals surface area contributed by atoms with Crippen molar-refractivity contribution in [1.82, 2.24) is 19.6 Å². The van der Waals surface area contributed by atoms with Gasteiger partial charge in [0.15, 0.2) is 0 Å². The zero-order valence-corrected chi connectivity index (χ0v) is 6.24. The number of aromatic amines is 1. The van der Waals surface area contributed by atoms with Gasteiger partial charge in [-0.3, -0.25) is 9.78 Å². The van der Waals surface area contributed by atoms with E-state index in [1.807, 2.05) is 0 Å². The van der Waals surface area contributed by atoms with Crippen LogP contribution >= 0.6 is 0 Å². The van der Waals surface area contributed by atoms with Crippen LogP contribution in [0.1, 0.15) is 12.1 Å². The van der Waals surface area contributed by atoms with Crippen LogP contribution < -0.4 is 5.56 Å². The highest BCUT2D eigenvalue weighted by Gasteiger charge is 2.13. The highest BCUT2D eigenvalue weighted by atomic mass is 19.3. The molecule has 0 aromatic carbocycles. The van der Waals surface area contributed by atoms with Gasteiger partial charge in [-0.05, 0) is 0 Å². The largest absolute Gasteiger partial charge is 0.291 e. The summed E-state index contributed by atoms with van der Waals surface area (Å²) in [6, 6.07) is 0.798. The van der Waals surface area contributed by atoms with E-state index in [0.29, 0.717) is 0 Å². The summed E-state index contributed by atoms with van der Waals surface area (Å²) in [5.41, 5.74) is -1.08. The van der Waals surface area contributed by atoms with Gasteiger partial charge < -0.3 is 0 Å². The van der Waals surface area contributed by atoms with Crippen LogP contribution in [-0.2, 0) is 0 Å². The van der Waals surface area contributed by atoms with E-state index in [9.17, 15) is 13.6 Å². The third kappa shape index (κ3) is 1.17. The second-order valence-electron chi connectivity index (χ2n) is 2.35. The summed E-state index contributed by atoms with van der Waals surface area (Å²) in [5.74, 6) is 0.0165. The molecule has 0 amide bonds.